The molecule has 2 heterocycles. The number of carbonyl (C=O) groups is 1. The summed E-state index contributed by atoms with van der Waals surface area (Å²) < 4.78 is 57.4. The molecule has 1 unspecified atom stereocenters. The molecule has 2 aromatic rings. The maximum absolute atomic E-state index is 13.2. The van der Waals surface area contributed by atoms with Crippen LogP contribution in [-0.2, 0) is 25.2 Å². The second-order valence-electron chi connectivity index (χ2n) is 7.22. The lowest BCUT2D eigenvalue weighted by Crippen LogP contribution is -2.47. The summed E-state index contributed by atoms with van der Waals surface area (Å²) in [6, 6.07) is 4.85. The van der Waals surface area contributed by atoms with Crippen LogP contribution in [0.3, 0.4) is 0 Å². The molecule has 162 valence electrons. The van der Waals surface area contributed by atoms with Crippen molar-refractivity contribution in [2.45, 2.75) is 32.5 Å². The quantitative estimate of drug-likeness (QED) is 0.658. The lowest BCUT2D eigenvalue weighted by atomic mass is 9.83. The summed E-state index contributed by atoms with van der Waals surface area (Å²) in [5.74, 6) is -0.471. The van der Waals surface area contributed by atoms with Crippen LogP contribution in [0, 0.1) is 5.41 Å². The largest absolute Gasteiger partial charge is 0.455 e. The fraction of sp³-hybridized carbons (Fsp3) is 0.450. The SMILES string of the molecule is CCC(=O)OC(/C(=C/c1cccc(C(F)(F)F)c1)n1cncn1)C1(C)COCOC1. The molecule has 1 aromatic carbocycles. The van der Waals surface area contributed by atoms with Gasteiger partial charge in [0.2, 0.25) is 0 Å². The number of rotatable bonds is 6. The molecule has 1 aliphatic rings. The molecule has 1 aromatic heterocycles. The third kappa shape index (κ3) is 5.06. The van der Waals surface area contributed by atoms with Gasteiger partial charge in [0.1, 0.15) is 19.4 Å². The molecule has 1 aliphatic heterocycles. The molecular formula is C20H22F3N3O4. The standard InChI is InChI=1S/C20H22F3N3O4/c1-3-17(27)30-18(19(2)9-28-13-29-10-19)16(26-12-24-11-25-26)8-14-5-4-6-15(7-14)20(21,22)23/h4-8,11-12,18H,3,9-10,13H2,1-2H3/b16-8-. The van der Waals surface area contributed by atoms with Crippen LogP contribution in [0.1, 0.15) is 31.4 Å². The Morgan fingerprint density at radius 1 is 1.37 bits per heavy atom. The molecule has 3 rings (SSSR count). The van der Waals surface area contributed by atoms with E-state index in [2.05, 4.69) is 10.1 Å². The van der Waals surface area contributed by atoms with Gasteiger partial charge in [-0.1, -0.05) is 26.0 Å². The Morgan fingerprint density at radius 2 is 2.10 bits per heavy atom. The first-order valence-corrected chi connectivity index (χ1v) is 9.32. The van der Waals surface area contributed by atoms with Gasteiger partial charge < -0.3 is 14.2 Å². The van der Waals surface area contributed by atoms with Crippen molar-refractivity contribution in [1.82, 2.24) is 14.8 Å². The first-order chi connectivity index (χ1) is 14.2. The van der Waals surface area contributed by atoms with Gasteiger partial charge in [0.25, 0.3) is 0 Å². The lowest BCUT2D eigenvalue weighted by Gasteiger charge is -2.40. The smallest absolute Gasteiger partial charge is 0.416 e. The average Bonchev–Trinajstić information content (AvgIpc) is 3.25. The number of aromatic nitrogens is 3. The number of alkyl halides is 3. The van der Waals surface area contributed by atoms with Crippen LogP contribution in [0.4, 0.5) is 13.2 Å². The lowest BCUT2D eigenvalue weighted by molar-refractivity contribution is -0.192. The van der Waals surface area contributed by atoms with Crippen molar-refractivity contribution < 1.29 is 32.2 Å². The monoisotopic (exact) mass is 425 g/mol. The van der Waals surface area contributed by atoms with Crippen molar-refractivity contribution in [1.29, 1.82) is 0 Å². The number of nitrogens with zero attached hydrogens (tertiary/aromatic N) is 3. The Kier molecular flexibility index (Phi) is 6.57. The van der Waals surface area contributed by atoms with Crippen molar-refractivity contribution in [3.05, 3.63) is 48.0 Å². The highest BCUT2D eigenvalue weighted by Gasteiger charge is 2.43. The fourth-order valence-electron chi connectivity index (χ4n) is 3.16. The molecular weight excluding hydrogens is 403 g/mol. The van der Waals surface area contributed by atoms with E-state index in [0.717, 1.165) is 12.1 Å². The molecule has 0 aliphatic carbocycles. The third-order valence-electron chi connectivity index (χ3n) is 4.68. The Labute approximate surface area is 171 Å². The Bertz CT molecular complexity index is 891. The fourth-order valence-corrected chi connectivity index (χ4v) is 3.16. The molecule has 0 bridgehead atoms. The van der Waals surface area contributed by atoms with E-state index in [9.17, 15) is 18.0 Å². The second-order valence-corrected chi connectivity index (χ2v) is 7.22. The van der Waals surface area contributed by atoms with Gasteiger partial charge in [0.05, 0.1) is 29.9 Å². The predicted octanol–water partition coefficient (Wildman–Crippen LogP) is 3.63. The Morgan fingerprint density at radius 3 is 2.70 bits per heavy atom. The molecule has 0 radical (unpaired) electrons. The predicted molar refractivity (Wildman–Crippen MR) is 101 cm³/mol. The summed E-state index contributed by atoms with van der Waals surface area (Å²) in [6.45, 7) is 4.03. The van der Waals surface area contributed by atoms with E-state index < -0.39 is 29.2 Å². The number of ether oxygens (including phenoxy) is 3. The normalized spacial score (nSPS) is 18.1. The van der Waals surface area contributed by atoms with Gasteiger partial charge in [-0.2, -0.15) is 18.3 Å². The number of hydrogen-bond donors (Lipinski definition) is 0. The third-order valence-corrected chi connectivity index (χ3v) is 4.68. The highest BCUT2D eigenvalue weighted by Crippen LogP contribution is 2.36. The number of halogens is 3. The average molecular weight is 425 g/mol. The molecule has 30 heavy (non-hydrogen) atoms. The summed E-state index contributed by atoms with van der Waals surface area (Å²) in [7, 11) is 0. The first-order valence-electron chi connectivity index (χ1n) is 9.32. The summed E-state index contributed by atoms with van der Waals surface area (Å²) in [6.07, 6.45) is -1.08. The topological polar surface area (TPSA) is 75.5 Å². The molecule has 0 amide bonds. The van der Waals surface area contributed by atoms with Crippen molar-refractivity contribution in [3.63, 3.8) is 0 Å². The summed E-state index contributed by atoms with van der Waals surface area (Å²) in [5.41, 5.74) is -0.964. The van der Waals surface area contributed by atoms with Crippen LogP contribution in [0.15, 0.2) is 36.9 Å². The van der Waals surface area contributed by atoms with E-state index in [0.29, 0.717) is 5.70 Å². The number of carbonyl (C=O) groups excluding carboxylic acids is 1. The number of hydrogen-bond acceptors (Lipinski definition) is 6. The summed E-state index contributed by atoms with van der Waals surface area (Å²) >= 11 is 0. The summed E-state index contributed by atoms with van der Waals surface area (Å²) in [4.78, 5) is 16.1. The minimum absolute atomic E-state index is 0.111. The zero-order valence-corrected chi connectivity index (χ0v) is 16.6. The van der Waals surface area contributed by atoms with Crippen LogP contribution >= 0.6 is 0 Å². The van der Waals surface area contributed by atoms with Crippen LogP contribution in [0.2, 0.25) is 0 Å². The van der Waals surface area contributed by atoms with Crippen molar-refractivity contribution in [2.75, 3.05) is 20.0 Å². The number of benzene rings is 1. The molecule has 10 heteroatoms. The van der Waals surface area contributed by atoms with E-state index >= 15 is 0 Å². The van der Waals surface area contributed by atoms with Crippen LogP contribution in [0.25, 0.3) is 11.8 Å². The second kappa shape index (κ2) is 8.97. The van der Waals surface area contributed by atoms with E-state index in [1.54, 1.807) is 6.92 Å². The van der Waals surface area contributed by atoms with Gasteiger partial charge in [0, 0.05) is 6.42 Å². The van der Waals surface area contributed by atoms with E-state index in [1.807, 2.05) is 6.92 Å². The maximum atomic E-state index is 13.2. The van der Waals surface area contributed by atoms with Gasteiger partial charge in [-0.05, 0) is 23.8 Å². The van der Waals surface area contributed by atoms with E-state index in [-0.39, 0.29) is 32.0 Å². The molecule has 1 saturated heterocycles. The molecule has 1 atom stereocenters. The zero-order chi connectivity index (χ0) is 21.8. The van der Waals surface area contributed by atoms with Crippen LogP contribution < -0.4 is 0 Å². The summed E-state index contributed by atoms with van der Waals surface area (Å²) in [5, 5.41) is 4.11. The highest BCUT2D eigenvalue weighted by molar-refractivity contribution is 5.77. The van der Waals surface area contributed by atoms with E-state index in [1.165, 1.54) is 35.5 Å². The molecule has 0 spiro atoms. The van der Waals surface area contributed by atoms with Crippen molar-refractivity contribution >= 4 is 17.7 Å². The number of esters is 1. The van der Waals surface area contributed by atoms with Gasteiger partial charge in [-0.3, -0.25) is 4.79 Å². The minimum Gasteiger partial charge on any atom is -0.455 e. The molecule has 7 nitrogen and oxygen atoms in total. The van der Waals surface area contributed by atoms with Gasteiger partial charge >= 0.3 is 12.1 Å². The first kappa shape index (κ1) is 22.0. The van der Waals surface area contributed by atoms with Gasteiger partial charge in [-0.15, -0.1) is 0 Å². The molecule has 0 N–H and O–H groups in total. The van der Waals surface area contributed by atoms with E-state index in [4.69, 9.17) is 14.2 Å². The Hall–Kier alpha value is -2.72. The highest BCUT2D eigenvalue weighted by atomic mass is 19.4. The van der Waals surface area contributed by atoms with Crippen LogP contribution in [0.5, 0.6) is 0 Å². The van der Waals surface area contributed by atoms with Gasteiger partial charge in [0.15, 0.2) is 6.10 Å². The van der Waals surface area contributed by atoms with Crippen molar-refractivity contribution in [2.24, 2.45) is 5.41 Å². The molecule has 1 fully saturated rings. The van der Waals surface area contributed by atoms with Gasteiger partial charge in [-0.25, -0.2) is 9.67 Å². The Balaban J connectivity index is 2.11. The van der Waals surface area contributed by atoms with Crippen molar-refractivity contribution in [3.8, 4) is 0 Å². The zero-order valence-electron chi connectivity index (χ0n) is 16.6. The maximum Gasteiger partial charge on any atom is 0.416 e. The molecule has 0 saturated carbocycles. The minimum atomic E-state index is -4.48. The van der Waals surface area contributed by atoms with Crippen LogP contribution in [-0.4, -0.2) is 46.8 Å².